The molecular formula is C12H22N2. The SMILES string of the molecule is CNC1CC2CC1C1CCC(NC)C21. The van der Waals surface area contributed by atoms with Gasteiger partial charge in [0.1, 0.15) is 0 Å². The van der Waals surface area contributed by atoms with E-state index in [0.717, 1.165) is 35.8 Å². The molecule has 6 atom stereocenters. The number of hydrogen-bond donors (Lipinski definition) is 2. The summed E-state index contributed by atoms with van der Waals surface area (Å²) < 4.78 is 0. The minimum atomic E-state index is 0.841. The molecule has 2 N–H and O–H groups in total. The normalized spacial score (nSPS) is 55.3. The van der Waals surface area contributed by atoms with Crippen LogP contribution in [0.15, 0.2) is 0 Å². The molecule has 0 spiro atoms. The van der Waals surface area contributed by atoms with Crippen LogP contribution >= 0.6 is 0 Å². The minimum absolute atomic E-state index is 0.841. The molecular weight excluding hydrogens is 172 g/mol. The Hall–Kier alpha value is -0.0800. The molecule has 0 amide bonds. The average Bonchev–Trinajstić information content (AvgIpc) is 2.87. The van der Waals surface area contributed by atoms with Crippen molar-refractivity contribution in [2.75, 3.05) is 14.1 Å². The largest absolute Gasteiger partial charge is 0.317 e. The predicted molar refractivity (Wildman–Crippen MR) is 58.1 cm³/mol. The Morgan fingerprint density at radius 3 is 2.36 bits per heavy atom. The van der Waals surface area contributed by atoms with Gasteiger partial charge in [-0.1, -0.05) is 0 Å². The van der Waals surface area contributed by atoms with Gasteiger partial charge in [-0.25, -0.2) is 0 Å². The van der Waals surface area contributed by atoms with Gasteiger partial charge in [0.25, 0.3) is 0 Å². The molecule has 0 aromatic carbocycles. The second kappa shape index (κ2) is 3.21. The first kappa shape index (κ1) is 9.17. The Morgan fingerprint density at radius 1 is 0.857 bits per heavy atom. The zero-order valence-corrected chi connectivity index (χ0v) is 9.29. The number of fused-ring (bicyclic) bond motifs is 5. The van der Waals surface area contributed by atoms with Crippen LogP contribution in [0.25, 0.3) is 0 Å². The standard InChI is InChI=1S/C12H22N2/c1-13-10-4-3-8-9-5-7(12(8)10)6-11(9)14-2/h7-14H,3-6H2,1-2H3. The minimum Gasteiger partial charge on any atom is -0.317 e. The zero-order valence-electron chi connectivity index (χ0n) is 9.29. The molecule has 0 radical (unpaired) electrons. The highest BCUT2D eigenvalue weighted by Crippen LogP contribution is 2.58. The molecule has 6 unspecified atom stereocenters. The summed E-state index contributed by atoms with van der Waals surface area (Å²) in [5.74, 6) is 4.11. The Morgan fingerprint density at radius 2 is 1.64 bits per heavy atom. The van der Waals surface area contributed by atoms with Gasteiger partial charge in [-0.15, -0.1) is 0 Å². The van der Waals surface area contributed by atoms with Crippen LogP contribution in [-0.4, -0.2) is 26.2 Å². The first-order chi connectivity index (χ1) is 6.85. The van der Waals surface area contributed by atoms with E-state index in [9.17, 15) is 0 Å². The van der Waals surface area contributed by atoms with Crippen LogP contribution < -0.4 is 10.6 Å². The summed E-state index contributed by atoms with van der Waals surface area (Å²) in [7, 11) is 4.29. The van der Waals surface area contributed by atoms with E-state index in [1.165, 1.54) is 25.7 Å². The van der Waals surface area contributed by atoms with E-state index in [2.05, 4.69) is 24.7 Å². The summed E-state index contributed by atoms with van der Waals surface area (Å²) in [4.78, 5) is 0. The molecule has 0 aromatic rings. The van der Waals surface area contributed by atoms with Crippen molar-refractivity contribution in [3.05, 3.63) is 0 Å². The third kappa shape index (κ3) is 1.04. The summed E-state index contributed by atoms with van der Waals surface area (Å²) >= 11 is 0. The summed E-state index contributed by atoms with van der Waals surface area (Å²) in [5.41, 5.74) is 0. The van der Waals surface area contributed by atoms with Gasteiger partial charge in [-0.05, 0) is 63.5 Å². The van der Waals surface area contributed by atoms with Crippen LogP contribution in [0.1, 0.15) is 25.7 Å². The predicted octanol–water partition coefficient (Wildman–Crippen LogP) is 1.23. The Kier molecular flexibility index (Phi) is 2.10. The highest BCUT2D eigenvalue weighted by molar-refractivity contribution is 5.09. The molecule has 0 aromatic heterocycles. The molecule has 3 fully saturated rings. The second-order valence-corrected chi connectivity index (χ2v) is 5.50. The van der Waals surface area contributed by atoms with E-state index in [1.54, 1.807) is 0 Å². The number of rotatable bonds is 2. The Labute approximate surface area is 86.8 Å². The van der Waals surface area contributed by atoms with E-state index >= 15 is 0 Å². The van der Waals surface area contributed by atoms with Gasteiger partial charge in [0.05, 0.1) is 0 Å². The van der Waals surface area contributed by atoms with E-state index in [4.69, 9.17) is 0 Å². The third-order valence-electron chi connectivity index (χ3n) is 5.25. The molecule has 0 saturated heterocycles. The van der Waals surface area contributed by atoms with Crippen LogP contribution in [-0.2, 0) is 0 Å². The van der Waals surface area contributed by atoms with Gasteiger partial charge in [0.15, 0.2) is 0 Å². The average molecular weight is 194 g/mol. The lowest BCUT2D eigenvalue weighted by Crippen LogP contribution is -2.41. The summed E-state index contributed by atoms with van der Waals surface area (Å²) in [6, 6.07) is 1.68. The quantitative estimate of drug-likeness (QED) is 0.691. The highest BCUT2D eigenvalue weighted by Gasteiger charge is 2.56. The summed E-state index contributed by atoms with van der Waals surface area (Å²) in [5, 5.41) is 7.05. The van der Waals surface area contributed by atoms with Crippen LogP contribution in [0.2, 0.25) is 0 Å². The van der Waals surface area contributed by atoms with Crippen molar-refractivity contribution in [2.45, 2.75) is 37.8 Å². The molecule has 3 saturated carbocycles. The topological polar surface area (TPSA) is 24.1 Å². The number of nitrogens with one attached hydrogen (secondary N) is 2. The second-order valence-electron chi connectivity index (χ2n) is 5.50. The van der Waals surface area contributed by atoms with E-state index < -0.39 is 0 Å². The van der Waals surface area contributed by atoms with E-state index in [0.29, 0.717) is 0 Å². The molecule has 3 aliphatic rings. The van der Waals surface area contributed by atoms with Crippen molar-refractivity contribution in [3.8, 4) is 0 Å². The Balaban J connectivity index is 1.80. The summed E-state index contributed by atoms with van der Waals surface area (Å²) in [6.45, 7) is 0. The fraction of sp³-hybridized carbons (Fsp3) is 1.00. The van der Waals surface area contributed by atoms with Gasteiger partial charge in [-0.3, -0.25) is 0 Å². The van der Waals surface area contributed by atoms with Crippen molar-refractivity contribution in [2.24, 2.45) is 23.7 Å². The maximum absolute atomic E-state index is 3.53. The lowest BCUT2D eigenvalue weighted by atomic mass is 9.78. The van der Waals surface area contributed by atoms with Crippen LogP contribution in [0.5, 0.6) is 0 Å². The molecule has 2 heteroatoms. The first-order valence-electron chi connectivity index (χ1n) is 6.19. The van der Waals surface area contributed by atoms with Gasteiger partial charge >= 0.3 is 0 Å². The maximum Gasteiger partial charge on any atom is 0.00979 e. The van der Waals surface area contributed by atoms with E-state index in [1.807, 2.05) is 0 Å². The fourth-order valence-electron chi connectivity index (χ4n) is 4.80. The van der Waals surface area contributed by atoms with Gasteiger partial charge < -0.3 is 10.6 Å². The molecule has 80 valence electrons. The van der Waals surface area contributed by atoms with Crippen molar-refractivity contribution >= 4 is 0 Å². The third-order valence-corrected chi connectivity index (χ3v) is 5.25. The van der Waals surface area contributed by atoms with Crippen molar-refractivity contribution in [1.82, 2.24) is 10.6 Å². The van der Waals surface area contributed by atoms with Crippen molar-refractivity contribution < 1.29 is 0 Å². The molecule has 2 bridgehead atoms. The summed E-state index contributed by atoms with van der Waals surface area (Å²) in [6.07, 6.45) is 5.87. The molecule has 0 aliphatic heterocycles. The monoisotopic (exact) mass is 194 g/mol. The van der Waals surface area contributed by atoms with Crippen LogP contribution in [0.3, 0.4) is 0 Å². The maximum atomic E-state index is 3.53. The Bertz CT molecular complexity index is 226. The lowest BCUT2D eigenvalue weighted by molar-refractivity contribution is 0.195. The van der Waals surface area contributed by atoms with Crippen molar-refractivity contribution in [3.63, 3.8) is 0 Å². The van der Waals surface area contributed by atoms with E-state index in [-0.39, 0.29) is 0 Å². The molecule has 2 nitrogen and oxygen atoms in total. The molecule has 3 rings (SSSR count). The smallest absolute Gasteiger partial charge is 0.00979 e. The molecule has 14 heavy (non-hydrogen) atoms. The van der Waals surface area contributed by atoms with Gasteiger partial charge in [-0.2, -0.15) is 0 Å². The highest BCUT2D eigenvalue weighted by atomic mass is 14.9. The first-order valence-corrected chi connectivity index (χ1v) is 6.19. The fourth-order valence-corrected chi connectivity index (χ4v) is 4.80. The zero-order chi connectivity index (χ0) is 9.71. The van der Waals surface area contributed by atoms with Crippen LogP contribution in [0, 0.1) is 23.7 Å². The van der Waals surface area contributed by atoms with Crippen molar-refractivity contribution in [1.29, 1.82) is 0 Å². The van der Waals surface area contributed by atoms with Gasteiger partial charge in [0, 0.05) is 12.1 Å². The van der Waals surface area contributed by atoms with Gasteiger partial charge in [0.2, 0.25) is 0 Å². The molecule has 0 heterocycles. The lowest BCUT2D eigenvalue weighted by Gasteiger charge is -2.33. The number of hydrogen-bond acceptors (Lipinski definition) is 2. The molecule has 3 aliphatic carbocycles. The van der Waals surface area contributed by atoms with Crippen LogP contribution in [0.4, 0.5) is 0 Å².